The Morgan fingerprint density at radius 2 is 1.75 bits per heavy atom. The number of hydrogen-bond donors (Lipinski definition) is 2. The molecule has 2 N–H and O–H groups in total. The molecule has 0 spiro atoms. The van der Waals surface area contributed by atoms with E-state index in [0.29, 0.717) is 5.41 Å². The van der Waals surface area contributed by atoms with Crippen LogP contribution in [0.1, 0.15) is 65.7 Å². The molecule has 1 aliphatic carbocycles. The van der Waals surface area contributed by atoms with Crippen molar-refractivity contribution in [2.75, 3.05) is 19.6 Å². The Kier molecular flexibility index (Phi) is 5.11. The molecule has 1 aliphatic heterocycles. The molecule has 1 saturated heterocycles. The zero-order valence-electron chi connectivity index (χ0n) is 13.6. The van der Waals surface area contributed by atoms with Crippen LogP contribution < -0.4 is 10.6 Å². The molecule has 0 radical (unpaired) electrons. The first-order valence-electron chi connectivity index (χ1n) is 8.45. The summed E-state index contributed by atoms with van der Waals surface area (Å²) in [7, 11) is 0. The lowest BCUT2D eigenvalue weighted by Gasteiger charge is -2.36. The Bertz CT molecular complexity index is 326. The molecule has 2 aliphatic rings. The average Bonchev–Trinajstić information content (AvgIpc) is 2.85. The minimum absolute atomic E-state index is 0.150. The second-order valence-corrected chi connectivity index (χ2v) is 7.80. The fraction of sp³-hybridized carbons (Fsp3) is 0.941. The predicted octanol–water partition coefficient (Wildman–Crippen LogP) is 3.10. The van der Waals surface area contributed by atoms with Crippen molar-refractivity contribution in [1.29, 1.82) is 0 Å². The van der Waals surface area contributed by atoms with E-state index in [1.165, 1.54) is 32.1 Å². The molecule has 2 fully saturated rings. The minimum Gasteiger partial charge on any atom is -0.355 e. The number of piperidine rings is 1. The third-order valence-electron chi connectivity index (χ3n) is 5.38. The summed E-state index contributed by atoms with van der Waals surface area (Å²) >= 11 is 0. The maximum absolute atomic E-state index is 12.6. The van der Waals surface area contributed by atoms with Crippen LogP contribution in [0.4, 0.5) is 0 Å². The van der Waals surface area contributed by atoms with Crippen LogP contribution in [0.25, 0.3) is 0 Å². The van der Waals surface area contributed by atoms with Gasteiger partial charge in [-0.2, -0.15) is 0 Å². The second-order valence-electron chi connectivity index (χ2n) is 7.80. The Morgan fingerprint density at radius 1 is 1.15 bits per heavy atom. The van der Waals surface area contributed by atoms with Crippen molar-refractivity contribution >= 4 is 5.91 Å². The lowest BCUT2D eigenvalue weighted by atomic mass is 9.77. The van der Waals surface area contributed by atoms with Crippen molar-refractivity contribution in [1.82, 2.24) is 10.6 Å². The highest BCUT2D eigenvalue weighted by atomic mass is 16.2. The van der Waals surface area contributed by atoms with Gasteiger partial charge in [0, 0.05) is 12.0 Å². The molecule has 20 heavy (non-hydrogen) atoms. The number of amides is 1. The van der Waals surface area contributed by atoms with Gasteiger partial charge in [0.1, 0.15) is 0 Å². The van der Waals surface area contributed by atoms with E-state index >= 15 is 0 Å². The maximum atomic E-state index is 12.6. The fourth-order valence-electron chi connectivity index (χ4n) is 4.13. The summed E-state index contributed by atoms with van der Waals surface area (Å²) < 4.78 is 0. The van der Waals surface area contributed by atoms with Gasteiger partial charge in [-0.25, -0.2) is 0 Å². The highest BCUT2D eigenvalue weighted by Crippen LogP contribution is 2.42. The van der Waals surface area contributed by atoms with E-state index in [0.717, 1.165) is 38.4 Å². The van der Waals surface area contributed by atoms with Gasteiger partial charge in [0.15, 0.2) is 0 Å². The van der Waals surface area contributed by atoms with Crippen LogP contribution in [-0.4, -0.2) is 25.5 Å². The van der Waals surface area contributed by atoms with Crippen LogP contribution in [-0.2, 0) is 4.79 Å². The van der Waals surface area contributed by atoms with Crippen LogP contribution in [0.3, 0.4) is 0 Å². The van der Waals surface area contributed by atoms with Crippen LogP contribution in [0, 0.1) is 16.7 Å². The Labute approximate surface area is 124 Å². The summed E-state index contributed by atoms with van der Waals surface area (Å²) in [6.45, 7) is 9.58. The van der Waals surface area contributed by atoms with Gasteiger partial charge in [-0.1, -0.05) is 33.6 Å². The molecule has 116 valence electrons. The zero-order valence-corrected chi connectivity index (χ0v) is 13.6. The normalized spacial score (nSPS) is 24.8. The molecular formula is C17H32N2O. The molecule has 0 aromatic carbocycles. The molecule has 0 aromatic heterocycles. The topological polar surface area (TPSA) is 41.1 Å². The first-order valence-corrected chi connectivity index (χ1v) is 8.45. The summed E-state index contributed by atoms with van der Waals surface area (Å²) in [6.07, 6.45) is 8.46. The first-order chi connectivity index (χ1) is 9.46. The van der Waals surface area contributed by atoms with Crippen molar-refractivity contribution in [2.45, 2.75) is 65.7 Å². The van der Waals surface area contributed by atoms with Crippen LogP contribution >= 0.6 is 0 Å². The zero-order chi connectivity index (χ0) is 14.6. The van der Waals surface area contributed by atoms with Gasteiger partial charge in [0.2, 0.25) is 5.91 Å². The molecule has 0 bridgehead atoms. The lowest BCUT2D eigenvalue weighted by Crippen LogP contribution is -2.48. The maximum Gasteiger partial charge on any atom is 0.226 e. The predicted molar refractivity (Wildman–Crippen MR) is 83.6 cm³/mol. The van der Waals surface area contributed by atoms with E-state index < -0.39 is 0 Å². The molecule has 0 atom stereocenters. The van der Waals surface area contributed by atoms with Crippen molar-refractivity contribution in [3.8, 4) is 0 Å². The Hall–Kier alpha value is -0.570. The largest absolute Gasteiger partial charge is 0.355 e. The molecule has 1 heterocycles. The molecule has 2 rings (SSSR count). The van der Waals surface area contributed by atoms with Gasteiger partial charge in [0.25, 0.3) is 0 Å². The summed E-state index contributed by atoms with van der Waals surface area (Å²) in [6, 6.07) is 0. The van der Waals surface area contributed by atoms with Gasteiger partial charge in [-0.05, 0) is 56.5 Å². The summed E-state index contributed by atoms with van der Waals surface area (Å²) in [4.78, 5) is 12.6. The molecule has 0 unspecified atom stereocenters. The van der Waals surface area contributed by atoms with Gasteiger partial charge in [-0.15, -0.1) is 0 Å². The van der Waals surface area contributed by atoms with Gasteiger partial charge in [0.05, 0.1) is 0 Å². The quantitative estimate of drug-likeness (QED) is 0.812. The summed E-state index contributed by atoms with van der Waals surface area (Å²) in [5, 5.41) is 6.66. The Morgan fingerprint density at radius 3 is 2.30 bits per heavy atom. The van der Waals surface area contributed by atoms with E-state index in [1.807, 2.05) is 0 Å². The van der Waals surface area contributed by atoms with E-state index in [2.05, 4.69) is 31.4 Å². The highest BCUT2D eigenvalue weighted by molar-refractivity contribution is 5.82. The number of hydrogen-bond acceptors (Lipinski definition) is 2. The van der Waals surface area contributed by atoms with Crippen molar-refractivity contribution < 1.29 is 4.79 Å². The lowest BCUT2D eigenvalue weighted by molar-refractivity contribution is -0.132. The molecule has 1 amide bonds. The Balaban J connectivity index is 1.90. The fourth-order valence-corrected chi connectivity index (χ4v) is 4.13. The molecule has 1 saturated carbocycles. The van der Waals surface area contributed by atoms with Crippen LogP contribution in [0.15, 0.2) is 0 Å². The standard InChI is InChI=1S/C17H32N2O/c1-14(2)12-17(6-4-5-7-17)13-19-15(20)16(3)8-10-18-11-9-16/h14,18H,4-13H2,1-3H3,(H,19,20). The first kappa shape index (κ1) is 15.8. The van der Waals surface area contributed by atoms with E-state index in [1.54, 1.807) is 0 Å². The number of nitrogens with one attached hydrogen (secondary N) is 2. The number of carbonyl (C=O) groups is 1. The number of rotatable bonds is 5. The van der Waals surface area contributed by atoms with E-state index in [-0.39, 0.29) is 11.3 Å². The second kappa shape index (κ2) is 6.46. The van der Waals surface area contributed by atoms with Crippen molar-refractivity contribution in [3.05, 3.63) is 0 Å². The number of carbonyl (C=O) groups excluding carboxylic acids is 1. The van der Waals surface area contributed by atoms with Gasteiger partial charge >= 0.3 is 0 Å². The van der Waals surface area contributed by atoms with E-state index in [9.17, 15) is 4.79 Å². The minimum atomic E-state index is -0.150. The third-order valence-corrected chi connectivity index (χ3v) is 5.38. The van der Waals surface area contributed by atoms with Crippen molar-refractivity contribution in [3.63, 3.8) is 0 Å². The SMILES string of the molecule is CC(C)CC1(CNC(=O)C2(C)CCNCC2)CCCC1. The molecule has 3 heteroatoms. The van der Waals surface area contributed by atoms with Gasteiger partial charge in [-0.3, -0.25) is 4.79 Å². The van der Waals surface area contributed by atoms with Crippen molar-refractivity contribution in [2.24, 2.45) is 16.7 Å². The smallest absolute Gasteiger partial charge is 0.226 e. The average molecular weight is 280 g/mol. The summed E-state index contributed by atoms with van der Waals surface area (Å²) in [5.74, 6) is 1.01. The molecular weight excluding hydrogens is 248 g/mol. The van der Waals surface area contributed by atoms with Crippen LogP contribution in [0.2, 0.25) is 0 Å². The van der Waals surface area contributed by atoms with Gasteiger partial charge < -0.3 is 10.6 Å². The third kappa shape index (κ3) is 3.75. The molecule has 0 aromatic rings. The molecule has 3 nitrogen and oxygen atoms in total. The van der Waals surface area contributed by atoms with E-state index in [4.69, 9.17) is 0 Å². The summed E-state index contributed by atoms with van der Waals surface area (Å²) in [5.41, 5.74) is 0.232. The van der Waals surface area contributed by atoms with Crippen LogP contribution in [0.5, 0.6) is 0 Å². The monoisotopic (exact) mass is 280 g/mol. The highest BCUT2D eigenvalue weighted by Gasteiger charge is 2.38.